The van der Waals surface area contributed by atoms with Crippen molar-refractivity contribution in [2.75, 3.05) is 38.1 Å². The van der Waals surface area contributed by atoms with Crippen molar-refractivity contribution in [2.45, 2.75) is 6.04 Å². The SMILES string of the molecule is COc1ccc(/C(O)=C2\C(=O)C(=O)N(c3nc4ccccc4s3)C2c2ccc(N(C)C)cc2)cc1OC. The number of amides is 1. The number of benzene rings is 3. The molecule has 3 aromatic carbocycles. The number of nitrogens with zero attached hydrogens (tertiary/aromatic N) is 3. The molecule has 2 heterocycles. The van der Waals surface area contributed by atoms with Crippen molar-refractivity contribution in [1.29, 1.82) is 0 Å². The minimum atomic E-state index is -0.870. The number of anilines is 2. The number of hydrogen-bond donors (Lipinski definition) is 1. The first-order valence-corrected chi connectivity index (χ1v) is 12.3. The van der Waals surface area contributed by atoms with Crippen LogP contribution in [0.3, 0.4) is 0 Å². The molecule has 1 unspecified atom stereocenters. The van der Waals surface area contributed by atoms with Gasteiger partial charge in [-0.25, -0.2) is 4.98 Å². The van der Waals surface area contributed by atoms with Gasteiger partial charge in [-0.1, -0.05) is 35.6 Å². The number of thiazole rings is 1. The summed E-state index contributed by atoms with van der Waals surface area (Å²) in [5.74, 6) is -0.968. The van der Waals surface area contributed by atoms with Crippen LogP contribution in [0.1, 0.15) is 17.2 Å². The van der Waals surface area contributed by atoms with Gasteiger partial charge in [-0.05, 0) is 48.0 Å². The molecule has 1 saturated heterocycles. The van der Waals surface area contributed by atoms with E-state index in [9.17, 15) is 14.7 Å². The predicted octanol–water partition coefficient (Wildman–Crippen LogP) is 5.01. The molecule has 188 valence electrons. The Morgan fingerprint density at radius 2 is 1.68 bits per heavy atom. The number of para-hydroxylation sites is 1. The number of ketones is 1. The van der Waals surface area contributed by atoms with Crippen LogP contribution >= 0.6 is 11.3 Å². The largest absolute Gasteiger partial charge is 0.507 e. The highest BCUT2D eigenvalue weighted by atomic mass is 32.1. The minimum absolute atomic E-state index is 0.0194. The molecule has 37 heavy (non-hydrogen) atoms. The molecule has 1 aromatic heterocycles. The van der Waals surface area contributed by atoms with Crippen molar-refractivity contribution < 1.29 is 24.2 Å². The molecule has 8 nitrogen and oxygen atoms in total. The quantitative estimate of drug-likeness (QED) is 0.219. The van der Waals surface area contributed by atoms with E-state index in [1.165, 1.54) is 30.5 Å². The smallest absolute Gasteiger partial charge is 0.301 e. The molecule has 0 saturated carbocycles. The maximum Gasteiger partial charge on any atom is 0.301 e. The Morgan fingerprint density at radius 3 is 2.32 bits per heavy atom. The zero-order chi connectivity index (χ0) is 26.3. The summed E-state index contributed by atoms with van der Waals surface area (Å²) in [5.41, 5.74) is 2.67. The average Bonchev–Trinajstić information content (AvgIpc) is 3.46. The summed E-state index contributed by atoms with van der Waals surface area (Å²) in [6, 6.07) is 19.0. The van der Waals surface area contributed by atoms with Crippen molar-refractivity contribution in [3.05, 3.63) is 83.4 Å². The van der Waals surface area contributed by atoms with Crippen LogP contribution in [0.25, 0.3) is 16.0 Å². The Bertz CT molecular complexity index is 1510. The van der Waals surface area contributed by atoms with Crippen LogP contribution in [0.4, 0.5) is 10.8 Å². The molecule has 0 bridgehead atoms. The van der Waals surface area contributed by atoms with Crippen LogP contribution in [0, 0.1) is 0 Å². The van der Waals surface area contributed by atoms with E-state index in [0.29, 0.717) is 27.8 Å². The number of aliphatic hydroxyl groups excluding tert-OH is 1. The lowest BCUT2D eigenvalue weighted by atomic mass is 9.95. The molecule has 4 aromatic rings. The maximum absolute atomic E-state index is 13.5. The van der Waals surface area contributed by atoms with Gasteiger partial charge in [0.25, 0.3) is 5.78 Å². The standard InChI is InChI=1S/C28H25N3O5S/c1-30(2)18-12-9-16(10-13-18)24-23(25(32)17-11-14-20(35-3)21(15-17)36-4)26(33)27(34)31(24)28-29-19-7-5-6-8-22(19)37-28/h5-15,24,32H,1-4H3/b25-23+. The van der Waals surface area contributed by atoms with E-state index >= 15 is 0 Å². The van der Waals surface area contributed by atoms with Crippen LogP contribution < -0.4 is 19.3 Å². The van der Waals surface area contributed by atoms with E-state index in [0.717, 1.165) is 15.9 Å². The first-order chi connectivity index (χ1) is 17.8. The van der Waals surface area contributed by atoms with Gasteiger partial charge in [-0.2, -0.15) is 0 Å². The Hall–Kier alpha value is -4.37. The van der Waals surface area contributed by atoms with Gasteiger partial charge in [0.15, 0.2) is 16.6 Å². The molecule has 0 spiro atoms. The van der Waals surface area contributed by atoms with E-state index in [4.69, 9.17) is 9.47 Å². The summed E-state index contributed by atoms with van der Waals surface area (Å²) in [5, 5.41) is 11.8. The van der Waals surface area contributed by atoms with Gasteiger partial charge in [0, 0.05) is 25.3 Å². The van der Waals surface area contributed by atoms with E-state index in [1.54, 1.807) is 18.2 Å². The molecule has 1 atom stereocenters. The van der Waals surface area contributed by atoms with Crippen LogP contribution in [0.15, 0.2) is 72.3 Å². The zero-order valence-electron chi connectivity index (χ0n) is 20.8. The second-order valence-corrected chi connectivity index (χ2v) is 9.70. The van der Waals surface area contributed by atoms with Crippen LogP contribution in [0.2, 0.25) is 0 Å². The number of ether oxygens (including phenoxy) is 2. The molecule has 1 N–H and O–H groups in total. The van der Waals surface area contributed by atoms with E-state index in [1.807, 2.05) is 67.5 Å². The topological polar surface area (TPSA) is 92.2 Å². The number of carbonyl (C=O) groups excluding carboxylic acids is 2. The number of aliphatic hydroxyl groups is 1. The van der Waals surface area contributed by atoms with Gasteiger partial charge in [-0.15, -0.1) is 0 Å². The van der Waals surface area contributed by atoms with Crippen molar-refractivity contribution in [1.82, 2.24) is 4.98 Å². The van der Waals surface area contributed by atoms with Gasteiger partial charge >= 0.3 is 5.91 Å². The highest BCUT2D eigenvalue weighted by molar-refractivity contribution is 7.22. The third-order valence-electron chi connectivity index (χ3n) is 6.32. The molecule has 1 fully saturated rings. The molecular weight excluding hydrogens is 490 g/mol. The lowest BCUT2D eigenvalue weighted by Gasteiger charge is -2.23. The summed E-state index contributed by atoms with van der Waals surface area (Å²) in [7, 11) is 6.86. The molecule has 9 heteroatoms. The number of methoxy groups -OCH3 is 2. The van der Waals surface area contributed by atoms with Crippen molar-refractivity contribution in [3.63, 3.8) is 0 Å². The Kier molecular flexibility index (Phi) is 6.31. The first kappa shape index (κ1) is 24.3. The molecule has 5 rings (SSSR count). The molecule has 0 radical (unpaired) electrons. The lowest BCUT2D eigenvalue weighted by molar-refractivity contribution is -0.132. The highest BCUT2D eigenvalue weighted by Gasteiger charge is 2.48. The Labute approximate surface area is 218 Å². The number of rotatable bonds is 6. The minimum Gasteiger partial charge on any atom is -0.507 e. The number of hydrogen-bond acceptors (Lipinski definition) is 8. The number of Topliss-reactive ketones (excluding diaryl/α,β-unsaturated/α-hetero) is 1. The lowest BCUT2D eigenvalue weighted by Crippen LogP contribution is -2.29. The van der Waals surface area contributed by atoms with Gasteiger partial charge in [-0.3, -0.25) is 14.5 Å². The second-order valence-electron chi connectivity index (χ2n) is 8.69. The Morgan fingerprint density at radius 1 is 0.973 bits per heavy atom. The van der Waals surface area contributed by atoms with E-state index in [-0.39, 0.29) is 11.3 Å². The Balaban J connectivity index is 1.71. The van der Waals surface area contributed by atoms with Gasteiger partial charge in [0.1, 0.15) is 5.76 Å². The zero-order valence-corrected chi connectivity index (χ0v) is 21.6. The molecular formula is C28H25N3O5S. The van der Waals surface area contributed by atoms with Crippen LogP contribution in [0.5, 0.6) is 11.5 Å². The summed E-state index contributed by atoms with van der Waals surface area (Å²) in [6.45, 7) is 0. The van der Waals surface area contributed by atoms with E-state index in [2.05, 4.69) is 4.98 Å². The summed E-state index contributed by atoms with van der Waals surface area (Å²) < 4.78 is 11.6. The summed E-state index contributed by atoms with van der Waals surface area (Å²) in [4.78, 5) is 34.9. The molecule has 1 amide bonds. The third kappa shape index (κ3) is 4.17. The average molecular weight is 516 g/mol. The fraction of sp³-hybridized carbons (Fsp3) is 0.179. The van der Waals surface area contributed by atoms with Crippen LogP contribution in [-0.4, -0.2) is 50.1 Å². The molecule has 1 aliphatic heterocycles. The second kappa shape index (κ2) is 9.59. The van der Waals surface area contributed by atoms with Crippen molar-refractivity contribution in [3.8, 4) is 11.5 Å². The predicted molar refractivity (Wildman–Crippen MR) is 145 cm³/mol. The third-order valence-corrected chi connectivity index (χ3v) is 7.35. The van der Waals surface area contributed by atoms with Crippen molar-refractivity contribution in [2.24, 2.45) is 0 Å². The summed E-state index contributed by atoms with van der Waals surface area (Å²) >= 11 is 1.32. The normalized spacial score (nSPS) is 16.9. The monoisotopic (exact) mass is 515 g/mol. The first-order valence-electron chi connectivity index (χ1n) is 11.5. The maximum atomic E-state index is 13.5. The molecule has 1 aliphatic rings. The fourth-order valence-electron chi connectivity index (χ4n) is 4.40. The van der Waals surface area contributed by atoms with E-state index < -0.39 is 17.7 Å². The summed E-state index contributed by atoms with van der Waals surface area (Å²) in [6.07, 6.45) is 0. The van der Waals surface area contributed by atoms with Gasteiger partial charge < -0.3 is 19.5 Å². The molecule has 0 aliphatic carbocycles. The number of carbonyl (C=O) groups is 2. The van der Waals surface area contributed by atoms with Gasteiger partial charge in [0.05, 0.1) is 36.1 Å². The fourth-order valence-corrected chi connectivity index (χ4v) is 5.39. The van der Waals surface area contributed by atoms with Gasteiger partial charge in [0.2, 0.25) is 0 Å². The number of fused-ring (bicyclic) bond motifs is 1. The van der Waals surface area contributed by atoms with Crippen LogP contribution in [-0.2, 0) is 9.59 Å². The van der Waals surface area contributed by atoms with Crippen molar-refractivity contribution >= 4 is 49.8 Å². The highest BCUT2D eigenvalue weighted by Crippen LogP contribution is 2.45. The number of aromatic nitrogens is 1.